The van der Waals surface area contributed by atoms with Crippen molar-refractivity contribution in [1.29, 1.82) is 0 Å². The maximum atomic E-state index is 13.9. The summed E-state index contributed by atoms with van der Waals surface area (Å²) in [6.45, 7) is 2.13. The monoisotopic (exact) mass is 400 g/mol. The highest BCUT2D eigenvalue weighted by molar-refractivity contribution is 8.00. The van der Waals surface area contributed by atoms with Gasteiger partial charge in [-0.2, -0.15) is 0 Å². The van der Waals surface area contributed by atoms with Gasteiger partial charge in [-0.05, 0) is 36.4 Å². The number of thioether (sulfide) groups is 1. The number of hydrogen-bond donors (Lipinski definition) is 2. The van der Waals surface area contributed by atoms with Crippen molar-refractivity contribution in [2.24, 2.45) is 0 Å². The van der Waals surface area contributed by atoms with Gasteiger partial charge in [0.15, 0.2) is 0 Å². The Morgan fingerprint density at radius 2 is 1.82 bits per heavy atom. The molecule has 0 fully saturated rings. The minimum absolute atomic E-state index is 0.0107. The van der Waals surface area contributed by atoms with E-state index in [4.69, 9.17) is 4.42 Å². The summed E-state index contributed by atoms with van der Waals surface area (Å²) in [4.78, 5) is 24.3. The fourth-order valence-corrected chi connectivity index (χ4v) is 3.26. The SMILES string of the molecule is CCNC(=O)NC(=O)[C@H](Sc1nnc(-c2ccccc2F)o1)c1ccccc1. The normalized spacial score (nSPS) is 11.6. The summed E-state index contributed by atoms with van der Waals surface area (Å²) in [5.74, 6) is -1.01. The van der Waals surface area contributed by atoms with Crippen LogP contribution in [0.3, 0.4) is 0 Å². The number of hydrogen-bond acceptors (Lipinski definition) is 6. The van der Waals surface area contributed by atoms with E-state index < -0.39 is 23.0 Å². The number of aromatic nitrogens is 2. The molecule has 3 rings (SSSR count). The number of benzene rings is 2. The van der Waals surface area contributed by atoms with Crippen LogP contribution in [0.5, 0.6) is 0 Å². The maximum absolute atomic E-state index is 13.9. The van der Waals surface area contributed by atoms with Gasteiger partial charge in [-0.1, -0.05) is 42.5 Å². The highest BCUT2D eigenvalue weighted by Crippen LogP contribution is 2.36. The van der Waals surface area contributed by atoms with Crippen LogP contribution < -0.4 is 10.6 Å². The highest BCUT2D eigenvalue weighted by atomic mass is 32.2. The minimum Gasteiger partial charge on any atom is -0.411 e. The predicted molar refractivity (Wildman–Crippen MR) is 102 cm³/mol. The molecule has 3 aromatic rings. The predicted octanol–water partition coefficient (Wildman–Crippen LogP) is 3.55. The third kappa shape index (κ3) is 4.74. The zero-order valence-electron chi connectivity index (χ0n) is 14.9. The smallest absolute Gasteiger partial charge is 0.321 e. The van der Waals surface area contributed by atoms with Crippen molar-refractivity contribution in [2.75, 3.05) is 6.54 Å². The zero-order valence-corrected chi connectivity index (χ0v) is 15.7. The molecule has 2 aromatic carbocycles. The Morgan fingerprint density at radius 3 is 2.54 bits per heavy atom. The van der Waals surface area contributed by atoms with E-state index in [2.05, 4.69) is 20.8 Å². The average molecular weight is 400 g/mol. The lowest BCUT2D eigenvalue weighted by atomic mass is 10.1. The van der Waals surface area contributed by atoms with Crippen LogP contribution in [-0.2, 0) is 4.79 Å². The lowest BCUT2D eigenvalue weighted by molar-refractivity contribution is -0.119. The molecule has 0 radical (unpaired) electrons. The molecule has 2 N–H and O–H groups in total. The molecule has 7 nitrogen and oxygen atoms in total. The average Bonchev–Trinajstić information content (AvgIpc) is 3.15. The Kier molecular flexibility index (Phi) is 6.38. The van der Waals surface area contributed by atoms with E-state index in [1.807, 2.05) is 6.07 Å². The number of rotatable bonds is 6. The number of carbonyl (C=O) groups excluding carboxylic acids is 2. The van der Waals surface area contributed by atoms with Crippen LogP contribution in [0.4, 0.5) is 9.18 Å². The van der Waals surface area contributed by atoms with Gasteiger partial charge in [-0.25, -0.2) is 9.18 Å². The first-order chi connectivity index (χ1) is 13.6. The topological polar surface area (TPSA) is 97.1 Å². The van der Waals surface area contributed by atoms with Crippen LogP contribution in [0.25, 0.3) is 11.5 Å². The summed E-state index contributed by atoms with van der Waals surface area (Å²) in [5, 5.41) is 11.8. The maximum Gasteiger partial charge on any atom is 0.321 e. The van der Waals surface area contributed by atoms with Crippen molar-refractivity contribution in [3.05, 3.63) is 66.0 Å². The molecule has 0 aliphatic carbocycles. The van der Waals surface area contributed by atoms with E-state index in [9.17, 15) is 14.0 Å². The summed E-state index contributed by atoms with van der Waals surface area (Å²) in [6.07, 6.45) is 0. The first kappa shape index (κ1) is 19.6. The highest BCUT2D eigenvalue weighted by Gasteiger charge is 2.26. The number of carbonyl (C=O) groups is 2. The van der Waals surface area contributed by atoms with Crippen molar-refractivity contribution >= 4 is 23.7 Å². The van der Waals surface area contributed by atoms with Crippen molar-refractivity contribution in [3.63, 3.8) is 0 Å². The summed E-state index contributed by atoms with van der Waals surface area (Å²) >= 11 is 0.977. The molecule has 1 aromatic heterocycles. The summed E-state index contributed by atoms with van der Waals surface area (Å²) in [7, 11) is 0. The van der Waals surface area contributed by atoms with Gasteiger partial charge in [0.25, 0.3) is 11.1 Å². The molecule has 0 bridgehead atoms. The second-order valence-corrected chi connectivity index (χ2v) is 6.67. The molecule has 9 heteroatoms. The first-order valence-electron chi connectivity index (χ1n) is 8.47. The second-order valence-electron chi connectivity index (χ2n) is 5.61. The molecule has 0 saturated heterocycles. The van der Waals surface area contributed by atoms with Crippen molar-refractivity contribution in [1.82, 2.24) is 20.8 Å². The van der Waals surface area contributed by atoms with Crippen LogP contribution in [0, 0.1) is 5.82 Å². The first-order valence-corrected chi connectivity index (χ1v) is 9.35. The minimum atomic E-state index is -0.808. The van der Waals surface area contributed by atoms with Crippen LogP contribution >= 0.6 is 11.8 Å². The quantitative estimate of drug-likeness (QED) is 0.614. The Balaban J connectivity index is 1.83. The van der Waals surface area contributed by atoms with Crippen molar-refractivity contribution in [2.45, 2.75) is 17.4 Å². The Bertz CT molecular complexity index is 965. The molecule has 0 aliphatic heterocycles. The molecule has 3 amide bonds. The molecule has 144 valence electrons. The fourth-order valence-electron chi connectivity index (χ4n) is 2.38. The van der Waals surface area contributed by atoms with E-state index in [1.54, 1.807) is 43.3 Å². The molecule has 0 saturated carbocycles. The molecule has 1 heterocycles. The Hall–Kier alpha value is -3.20. The van der Waals surface area contributed by atoms with E-state index in [0.717, 1.165) is 11.8 Å². The Morgan fingerprint density at radius 1 is 1.11 bits per heavy atom. The number of urea groups is 1. The standard InChI is InChI=1S/C19H17FN4O3S/c1-2-21-18(26)22-16(25)15(12-8-4-3-5-9-12)28-19-24-23-17(27-19)13-10-6-7-11-14(13)20/h3-11,15H,2H2,1H3,(H2,21,22,25,26)/t15-/m1/s1. The van der Waals surface area contributed by atoms with Gasteiger partial charge in [0.05, 0.1) is 5.56 Å². The van der Waals surface area contributed by atoms with Gasteiger partial charge in [-0.15, -0.1) is 10.2 Å². The van der Waals surface area contributed by atoms with Gasteiger partial charge in [0.1, 0.15) is 11.1 Å². The molecule has 0 unspecified atom stereocenters. The third-order valence-electron chi connectivity index (χ3n) is 3.64. The van der Waals surface area contributed by atoms with E-state index in [1.165, 1.54) is 12.1 Å². The Labute approximate surface area is 164 Å². The molecular formula is C19H17FN4O3S. The molecular weight excluding hydrogens is 383 g/mol. The van der Waals surface area contributed by atoms with Gasteiger partial charge in [0.2, 0.25) is 5.91 Å². The summed E-state index contributed by atoms with van der Waals surface area (Å²) in [5.41, 5.74) is 0.824. The lowest BCUT2D eigenvalue weighted by Crippen LogP contribution is -2.41. The van der Waals surface area contributed by atoms with Crippen LogP contribution in [-0.4, -0.2) is 28.7 Å². The number of amides is 3. The summed E-state index contributed by atoms with van der Waals surface area (Å²) < 4.78 is 19.4. The number of halogens is 1. The molecule has 28 heavy (non-hydrogen) atoms. The molecule has 0 aliphatic rings. The third-order valence-corrected chi connectivity index (χ3v) is 4.73. The molecule has 1 atom stereocenters. The fraction of sp³-hybridized carbons (Fsp3) is 0.158. The van der Waals surface area contributed by atoms with E-state index in [-0.39, 0.29) is 16.7 Å². The van der Waals surface area contributed by atoms with Gasteiger partial charge in [-0.3, -0.25) is 10.1 Å². The number of nitrogens with zero attached hydrogens (tertiary/aromatic N) is 2. The van der Waals surface area contributed by atoms with Crippen molar-refractivity contribution < 1.29 is 18.4 Å². The summed E-state index contributed by atoms with van der Waals surface area (Å²) in [6, 6.07) is 14.3. The van der Waals surface area contributed by atoms with E-state index in [0.29, 0.717) is 12.1 Å². The number of nitrogens with one attached hydrogen (secondary N) is 2. The zero-order chi connectivity index (χ0) is 19.9. The van der Waals surface area contributed by atoms with Gasteiger partial charge >= 0.3 is 6.03 Å². The largest absolute Gasteiger partial charge is 0.411 e. The van der Waals surface area contributed by atoms with E-state index >= 15 is 0 Å². The number of imide groups is 1. The van der Waals surface area contributed by atoms with Crippen LogP contribution in [0.15, 0.2) is 64.2 Å². The van der Waals surface area contributed by atoms with Crippen molar-refractivity contribution in [3.8, 4) is 11.5 Å². The lowest BCUT2D eigenvalue weighted by Gasteiger charge is -2.14. The van der Waals surface area contributed by atoms with Crippen LogP contribution in [0.2, 0.25) is 0 Å². The van der Waals surface area contributed by atoms with Crippen LogP contribution in [0.1, 0.15) is 17.7 Å². The van der Waals surface area contributed by atoms with Gasteiger partial charge < -0.3 is 9.73 Å². The second kappa shape index (κ2) is 9.14. The van der Waals surface area contributed by atoms with Gasteiger partial charge in [0, 0.05) is 6.54 Å². The molecule has 0 spiro atoms.